The minimum absolute atomic E-state index is 0.258. The van der Waals surface area contributed by atoms with Gasteiger partial charge >= 0.3 is 12.1 Å². The van der Waals surface area contributed by atoms with Crippen molar-refractivity contribution in [3.8, 4) is 0 Å². The lowest BCUT2D eigenvalue weighted by Gasteiger charge is -1.95. The zero-order chi connectivity index (χ0) is 16.9. The summed E-state index contributed by atoms with van der Waals surface area (Å²) in [5.41, 5.74) is 0.704. The molecule has 0 aromatic carbocycles. The molecule has 2 aliphatic heterocycles. The Morgan fingerprint density at radius 1 is 0.636 bits per heavy atom. The molecule has 0 aliphatic carbocycles. The number of allylic oxidation sites excluding steroid dienone is 2. The van der Waals surface area contributed by atoms with E-state index in [1.54, 1.807) is 12.2 Å². The molecule has 22 heavy (non-hydrogen) atoms. The van der Waals surface area contributed by atoms with Crippen molar-refractivity contribution in [3.63, 3.8) is 0 Å². The molecular weight excluding hydrogens is 288 g/mol. The van der Waals surface area contributed by atoms with Crippen LogP contribution in [0.15, 0.2) is 23.5 Å². The number of amides is 6. The Labute approximate surface area is 128 Å². The fraction of sp³-hybridized carbons (Fsp3) is 0.429. The van der Waals surface area contributed by atoms with Crippen molar-refractivity contribution in [3.05, 3.63) is 23.5 Å². The first-order valence-corrected chi connectivity index (χ1v) is 6.87. The number of carbonyl (C=O) groups is 4. The lowest BCUT2D eigenvalue weighted by atomic mass is 10.2. The Hall–Kier alpha value is -2.64. The monoisotopic (exact) mass is 308 g/mol. The van der Waals surface area contributed by atoms with Crippen LogP contribution in [0.1, 0.15) is 27.7 Å². The third-order valence-electron chi connectivity index (χ3n) is 2.44. The van der Waals surface area contributed by atoms with Gasteiger partial charge in [-0.05, 0) is 11.8 Å². The van der Waals surface area contributed by atoms with E-state index in [0.717, 1.165) is 0 Å². The highest BCUT2D eigenvalue weighted by molar-refractivity contribution is 6.12. The molecule has 2 aliphatic rings. The largest absolute Gasteiger partial charge is 0.326 e. The van der Waals surface area contributed by atoms with Gasteiger partial charge in [0.25, 0.3) is 11.8 Å². The summed E-state index contributed by atoms with van der Waals surface area (Å²) in [6.45, 7) is 7.74. The molecule has 2 rings (SSSR count). The van der Waals surface area contributed by atoms with Crippen LogP contribution in [0.25, 0.3) is 0 Å². The van der Waals surface area contributed by atoms with E-state index in [4.69, 9.17) is 0 Å². The quantitative estimate of drug-likeness (QED) is 0.444. The second-order valence-electron chi connectivity index (χ2n) is 5.47. The number of imide groups is 2. The van der Waals surface area contributed by atoms with Crippen molar-refractivity contribution in [2.45, 2.75) is 27.7 Å². The van der Waals surface area contributed by atoms with Gasteiger partial charge < -0.3 is 10.6 Å². The summed E-state index contributed by atoms with van der Waals surface area (Å²) in [6, 6.07) is -0.885. The van der Waals surface area contributed by atoms with Gasteiger partial charge in [0.2, 0.25) is 0 Å². The Kier molecular flexibility index (Phi) is 5.85. The fourth-order valence-corrected chi connectivity index (χ4v) is 1.66. The molecule has 6 amide bonds. The molecule has 0 saturated carbocycles. The number of carbonyl (C=O) groups excluding carboxylic acids is 4. The highest BCUT2D eigenvalue weighted by atomic mass is 16.2. The number of rotatable bonds is 2. The number of nitrogens with one attached hydrogen (secondary N) is 4. The molecule has 0 unspecified atom stereocenters. The standard InChI is InChI=1S/2C7H10N2O2/c2*1-4(2)3-5-6(10)9-7(11)8-5/h2*3-4H,1-2H3,(H2,8,9,10,11)/b2*5-3-. The molecule has 2 heterocycles. The SMILES string of the molecule is CC(C)/C=C1\NC(=O)NC1=O.CC(C)/C=C1\NC(=O)NC1=O. The molecule has 8 heteroatoms. The maximum Gasteiger partial charge on any atom is 0.326 e. The molecule has 8 nitrogen and oxygen atoms in total. The topological polar surface area (TPSA) is 116 Å². The second kappa shape index (κ2) is 7.39. The smallest absolute Gasteiger partial charge is 0.303 e. The molecule has 2 saturated heterocycles. The lowest BCUT2D eigenvalue weighted by Crippen LogP contribution is -2.22. The van der Waals surface area contributed by atoms with E-state index < -0.39 is 12.1 Å². The van der Waals surface area contributed by atoms with Gasteiger partial charge in [-0.25, -0.2) is 9.59 Å². The van der Waals surface area contributed by atoms with Crippen LogP contribution in [-0.2, 0) is 9.59 Å². The van der Waals surface area contributed by atoms with Gasteiger partial charge in [0.05, 0.1) is 0 Å². The van der Waals surface area contributed by atoms with Crippen molar-refractivity contribution >= 4 is 23.9 Å². The molecule has 120 valence electrons. The first-order chi connectivity index (χ1) is 10.2. The summed E-state index contributed by atoms with van der Waals surface area (Å²) in [7, 11) is 0. The van der Waals surface area contributed by atoms with E-state index in [2.05, 4.69) is 21.3 Å². The molecule has 0 aromatic rings. The van der Waals surface area contributed by atoms with E-state index in [0.29, 0.717) is 11.4 Å². The lowest BCUT2D eigenvalue weighted by molar-refractivity contribution is -0.116. The van der Waals surface area contributed by atoms with Gasteiger partial charge in [0, 0.05) is 0 Å². The minimum Gasteiger partial charge on any atom is -0.303 e. The van der Waals surface area contributed by atoms with Crippen LogP contribution >= 0.6 is 0 Å². The van der Waals surface area contributed by atoms with Crippen LogP contribution in [0.2, 0.25) is 0 Å². The molecule has 0 bridgehead atoms. The van der Waals surface area contributed by atoms with E-state index in [1.807, 2.05) is 27.7 Å². The molecule has 0 aromatic heterocycles. The Balaban J connectivity index is 0.000000220. The van der Waals surface area contributed by atoms with Gasteiger partial charge in [0.1, 0.15) is 11.4 Å². The average Bonchev–Trinajstić information content (AvgIpc) is 2.81. The first-order valence-electron chi connectivity index (χ1n) is 6.87. The first kappa shape index (κ1) is 17.4. The maximum absolute atomic E-state index is 10.9. The molecule has 2 fully saturated rings. The summed E-state index contributed by atoms with van der Waals surface area (Å²) >= 11 is 0. The highest BCUT2D eigenvalue weighted by Crippen LogP contribution is 2.03. The summed E-state index contributed by atoms with van der Waals surface area (Å²) in [5, 5.41) is 9.02. The number of urea groups is 2. The van der Waals surface area contributed by atoms with Crippen LogP contribution in [-0.4, -0.2) is 23.9 Å². The van der Waals surface area contributed by atoms with Crippen LogP contribution in [0.4, 0.5) is 9.59 Å². The van der Waals surface area contributed by atoms with Gasteiger partial charge in [0.15, 0.2) is 0 Å². The normalized spacial score (nSPS) is 20.8. The summed E-state index contributed by atoms with van der Waals surface area (Å²) in [5.74, 6) is -0.171. The van der Waals surface area contributed by atoms with Crippen LogP contribution in [0.5, 0.6) is 0 Å². The Morgan fingerprint density at radius 2 is 0.955 bits per heavy atom. The van der Waals surface area contributed by atoms with E-state index >= 15 is 0 Å². The maximum atomic E-state index is 10.9. The fourth-order valence-electron chi connectivity index (χ4n) is 1.66. The molecule has 0 radical (unpaired) electrons. The Morgan fingerprint density at radius 3 is 1.14 bits per heavy atom. The van der Waals surface area contributed by atoms with E-state index in [1.165, 1.54) is 0 Å². The van der Waals surface area contributed by atoms with Gasteiger partial charge in [-0.2, -0.15) is 0 Å². The summed E-state index contributed by atoms with van der Waals surface area (Å²) < 4.78 is 0. The predicted molar refractivity (Wildman–Crippen MR) is 79.2 cm³/mol. The van der Waals surface area contributed by atoms with Crippen molar-refractivity contribution < 1.29 is 19.2 Å². The minimum atomic E-state index is -0.443. The Bertz CT molecular complexity index is 511. The van der Waals surface area contributed by atoms with E-state index in [9.17, 15) is 19.2 Å². The van der Waals surface area contributed by atoms with Crippen molar-refractivity contribution in [1.82, 2.24) is 21.3 Å². The molecular formula is C14H20N4O4. The summed E-state index contributed by atoms with van der Waals surface area (Å²) in [6.07, 6.45) is 3.42. The third kappa shape index (κ3) is 5.39. The van der Waals surface area contributed by atoms with Crippen LogP contribution in [0.3, 0.4) is 0 Å². The summed E-state index contributed by atoms with van der Waals surface area (Å²) in [4.78, 5) is 42.8. The van der Waals surface area contributed by atoms with Crippen LogP contribution < -0.4 is 21.3 Å². The number of hydrogen-bond donors (Lipinski definition) is 4. The van der Waals surface area contributed by atoms with Gasteiger partial charge in [-0.3, -0.25) is 20.2 Å². The van der Waals surface area contributed by atoms with Gasteiger partial charge in [-0.1, -0.05) is 39.8 Å². The average molecular weight is 308 g/mol. The van der Waals surface area contributed by atoms with Crippen molar-refractivity contribution in [2.75, 3.05) is 0 Å². The van der Waals surface area contributed by atoms with Crippen molar-refractivity contribution in [1.29, 1.82) is 0 Å². The predicted octanol–water partition coefficient (Wildman–Crippen LogP) is 0.731. The highest BCUT2D eigenvalue weighted by Gasteiger charge is 2.23. The van der Waals surface area contributed by atoms with Crippen molar-refractivity contribution in [2.24, 2.45) is 11.8 Å². The zero-order valence-corrected chi connectivity index (χ0v) is 12.9. The third-order valence-corrected chi connectivity index (χ3v) is 2.44. The number of hydrogen-bond acceptors (Lipinski definition) is 4. The van der Waals surface area contributed by atoms with Gasteiger partial charge in [-0.15, -0.1) is 0 Å². The molecule has 0 atom stereocenters. The second-order valence-corrected chi connectivity index (χ2v) is 5.47. The molecule has 4 N–H and O–H groups in total. The molecule has 0 spiro atoms. The van der Waals surface area contributed by atoms with E-state index in [-0.39, 0.29) is 23.7 Å². The van der Waals surface area contributed by atoms with Crippen LogP contribution in [0, 0.1) is 11.8 Å². The zero-order valence-electron chi connectivity index (χ0n) is 12.9.